The van der Waals surface area contributed by atoms with Gasteiger partial charge in [-0.1, -0.05) is 49.9 Å². The molecule has 0 N–H and O–H groups in total. The Bertz CT molecular complexity index is 995. The number of benzene rings is 2. The minimum atomic E-state index is -0.490. The van der Waals surface area contributed by atoms with Gasteiger partial charge in [-0.05, 0) is 56.4 Å². The lowest BCUT2D eigenvalue weighted by atomic mass is 9.90. The first kappa shape index (κ1) is 24.2. The zero-order chi connectivity index (χ0) is 23.9. The molecule has 2 amide bonds. The molecule has 4 rings (SSSR count). The number of nitrogens with zero attached hydrogens (tertiary/aromatic N) is 2. The van der Waals surface area contributed by atoms with Gasteiger partial charge in [0.05, 0.1) is 17.2 Å². The molecule has 0 bridgehead atoms. The van der Waals surface area contributed by atoms with Crippen molar-refractivity contribution in [2.45, 2.75) is 69.9 Å². The molecule has 1 fully saturated rings. The summed E-state index contributed by atoms with van der Waals surface area (Å²) in [4.78, 5) is 30.4. The van der Waals surface area contributed by atoms with Gasteiger partial charge in [-0.15, -0.1) is 0 Å². The standard InChI is InChI=1S/C28H35FN2O3/c1-30-19-11-3-2-4-12-20-31(28(33)21-13-5-7-15-23(21)29)24-16-8-10-18-26(24)34-25-17-9-6-14-22(25)27(30)32/h5-7,9,13-15,17,24,26H,2-4,8,10-12,16,18-20H2,1H3/t24-,26+/m1/s1. The van der Waals surface area contributed by atoms with Crippen LogP contribution in [-0.2, 0) is 0 Å². The minimum absolute atomic E-state index is 0.0443. The van der Waals surface area contributed by atoms with Crippen LogP contribution in [0, 0.1) is 5.82 Å². The van der Waals surface area contributed by atoms with Crippen molar-refractivity contribution in [3.8, 4) is 5.75 Å². The Balaban J connectivity index is 1.68. The average molecular weight is 467 g/mol. The molecule has 182 valence electrons. The van der Waals surface area contributed by atoms with Crippen LogP contribution >= 0.6 is 0 Å². The Kier molecular flexibility index (Phi) is 8.20. The second-order valence-electron chi connectivity index (χ2n) is 9.48. The SMILES string of the molecule is CN1CCCCCCCN(C(=O)c2ccccc2F)[C@@H]2CCCC[C@@H]2Oc2ccccc2C1=O. The molecular formula is C28H35FN2O3. The van der Waals surface area contributed by atoms with Crippen LogP contribution in [0.15, 0.2) is 48.5 Å². The highest BCUT2D eigenvalue weighted by molar-refractivity contribution is 5.97. The highest BCUT2D eigenvalue weighted by atomic mass is 19.1. The number of rotatable bonds is 1. The lowest BCUT2D eigenvalue weighted by Gasteiger charge is -2.40. The second-order valence-corrected chi connectivity index (χ2v) is 9.48. The molecule has 0 unspecified atom stereocenters. The largest absolute Gasteiger partial charge is 0.487 e. The molecule has 0 aromatic heterocycles. The molecule has 5 nitrogen and oxygen atoms in total. The van der Waals surface area contributed by atoms with Crippen LogP contribution in [-0.4, -0.2) is 53.9 Å². The summed E-state index contributed by atoms with van der Waals surface area (Å²) in [7, 11) is 1.84. The summed E-state index contributed by atoms with van der Waals surface area (Å²) in [6.07, 6.45) is 8.24. The fourth-order valence-corrected chi connectivity index (χ4v) is 5.16. The van der Waals surface area contributed by atoms with E-state index in [1.807, 2.05) is 36.2 Å². The molecule has 1 saturated carbocycles. The number of hydrogen-bond acceptors (Lipinski definition) is 3. The molecule has 1 heterocycles. The van der Waals surface area contributed by atoms with Crippen LogP contribution in [0.5, 0.6) is 5.75 Å². The summed E-state index contributed by atoms with van der Waals surface area (Å²) >= 11 is 0. The number of halogens is 1. The molecule has 34 heavy (non-hydrogen) atoms. The summed E-state index contributed by atoms with van der Waals surface area (Å²) in [5, 5.41) is 0. The van der Waals surface area contributed by atoms with Gasteiger partial charge in [0.25, 0.3) is 11.8 Å². The maximum atomic E-state index is 14.6. The van der Waals surface area contributed by atoms with Gasteiger partial charge in [0, 0.05) is 20.1 Å². The fourth-order valence-electron chi connectivity index (χ4n) is 5.16. The first-order chi connectivity index (χ1) is 16.6. The highest BCUT2D eigenvalue weighted by Crippen LogP contribution is 2.31. The Hall–Kier alpha value is -2.89. The van der Waals surface area contributed by atoms with Gasteiger partial charge in [-0.25, -0.2) is 4.39 Å². The number of fused-ring (bicyclic) bond motifs is 2. The van der Waals surface area contributed by atoms with Crippen molar-refractivity contribution >= 4 is 11.8 Å². The molecule has 1 aliphatic heterocycles. The predicted octanol–water partition coefficient (Wildman–Crippen LogP) is 5.69. The van der Waals surface area contributed by atoms with Gasteiger partial charge in [0.2, 0.25) is 0 Å². The van der Waals surface area contributed by atoms with Crippen LogP contribution in [0.4, 0.5) is 4.39 Å². The van der Waals surface area contributed by atoms with E-state index in [0.29, 0.717) is 24.4 Å². The first-order valence-electron chi connectivity index (χ1n) is 12.6. The molecule has 0 radical (unpaired) electrons. The Morgan fingerprint density at radius 3 is 2.38 bits per heavy atom. The maximum Gasteiger partial charge on any atom is 0.257 e. The molecular weight excluding hydrogens is 431 g/mol. The Morgan fingerprint density at radius 1 is 0.882 bits per heavy atom. The first-order valence-corrected chi connectivity index (χ1v) is 12.6. The van der Waals surface area contributed by atoms with E-state index in [4.69, 9.17) is 4.74 Å². The number of hydrogen-bond donors (Lipinski definition) is 0. The molecule has 2 aromatic carbocycles. The zero-order valence-electron chi connectivity index (χ0n) is 20.0. The van der Waals surface area contributed by atoms with Crippen molar-refractivity contribution in [3.63, 3.8) is 0 Å². The van der Waals surface area contributed by atoms with Crippen LogP contribution in [0.25, 0.3) is 0 Å². The summed E-state index contributed by atoms with van der Waals surface area (Å²) in [5.74, 6) is -0.246. The fraction of sp³-hybridized carbons (Fsp3) is 0.500. The highest BCUT2D eigenvalue weighted by Gasteiger charge is 2.36. The predicted molar refractivity (Wildman–Crippen MR) is 131 cm³/mol. The van der Waals surface area contributed by atoms with Crippen LogP contribution in [0.1, 0.15) is 78.5 Å². The van der Waals surface area contributed by atoms with Crippen molar-refractivity contribution in [2.75, 3.05) is 20.1 Å². The van der Waals surface area contributed by atoms with Gasteiger partial charge < -0.3 is 14.5 Å². The molecule has 6 heteroatoms. The van der Waals surface area contributed by atoms with E-state index in [1.165, 1.54) is 6.07 Å². The van der Waals surface area contributed by atoms with Crippen molar-refractivity contribution in [2.24, 2.45) is 0 Å². The van der Waals surface area contributed by atoms with E-state index in [2.05, 4.69) is 0 Å². The summed E-state index contributed by atoms with van der Waals surface area (Å²) in [6, 6.07) is 13.4. The van der Waals surface area contributed by atoms with E-state index in [1.54, 1.807) is 23.1 Å². The Labute approximate surface area is 201 Å². The van der Waals surface area contributed by atoms with E-state index >= 15 is 0 Å². The number of carbonyl (C=O) groups is 2. The number of amides is 2. The molecule has 1 aliphatic carbocycles. The Morgan fingerprint density at radius 2 is 1.56 bits per heavy atom. The van der Waals surface area contributed by atoms with Crippen LogP contribution in [0.3, 0.4) is 0 Å². The monoisotopic (exact) mass is 466 g/mol. The summed E-state index contributed by atoms with van der Waals surface area (Å²) in [5.41, 5.74) is 0.665. The van der Waals surface area contributed by atoms with Crippen molar-refractivity contribution in [1.29, 1.82) is 0 Å². The van der Waals surface area contributed by atoms with E-state index < -0.39 is 5.82 Å². The van der Waals surface area contributed by atoms with Crippen molar-refractivity contribution in [1.82, 2.24) is 9.80 Å². The normalized spacial score (nSPS) is 22.6. The summed E-state index contributed by atoms with van der Waals surface area (Å²) in [6.45, 7) is 1.29. The van der Waals surface area contributed by atoms with Crippen molar-refractivity contribution < 1.29 is 18.7 Å². The molecule has 2 aromatic rings. The van der Waals surface area contributed by atoms with E-state index in [-0.39, 0.29) is 29.5 Å². The third-order valence-electron chi connectivity index (χ3n) is 7.07. The third kappa shape index (κ3) is 5.60. The van der Waals surface area contributed by atoms with Gasteiger partial charge in [-0.2, -0.15) is 0 Å². The maximum absolute atomic E-state index is 14.6. The quantitative estimate of drug-likeness (QED) is 0.542. The topological polar surface area (TPSA) is 49.9 Å². The lowest BCUT2D eigenvalue weighted by Crippen LogP contribution is -2.51. The van der Waals surface area contributed by atoms with Gasteiger partial charge in [0.1, 0.15) is 17.7 Å². The second kappa shape index (κ2) is 11.5. The zero-order valence-corrected chi connectivity index (χ0v) is 20.0. The molecule has 2 atom stereocenters. The molecule has 2 aliphatic rings. The van der Waals surface area contributed by atoms with Crippen LogP contribution in [0.2, 0.25) is 0 Å². The van der Waals surface area contributed by atoms with Crippen LogP contribution < -0.4 is 4.74 Å². The van der Waals surface area contributed by atoms with Crippen molar-refractivity contribution in [3.05, 3.63) is 65.5 Å². The number of para-hydroxylation sites is 1. The number of carbonyl (C=O) groups excluding carboxylic acids is 2. The van der Waals surface area contributed by atoms with Gasteiger partial charge >= 0.3 is 0 Å². The smallest absolute Gasteiger partial charge is 0.257 e. The van der Waals surface area contributed by atoms with Gasteiger partial charge in [-0.3, -0.25) is 9.59 Å². The molecule has 0 spiro atoms. The van der Waals surface area contributed by atoms with E-state index in [9.17, 15) is 14.0 Å². The number of ether oxygens (including phenoxy) is 1. The lowest BCUT2D eigenvalue weighted by molar-refractivity contribution is 0.0267. The van der Waals surface area contributed by atoms with Gasteiger partial charge in [0.15, 0.2) is 0 Å². The van der Waals surface area contributed by atoms with E-state index in [0.717, 1.165) is 57.8 Å². The third-order valence-corrected chi connectivity index (χ3v) is 7.07. The average Bonchev–Trinajstić information content (AvgIpc) is 2.86. The summed E-state index contributed by atoms with van der Waals surface area (Å²) < 4.78 is 21.1. The molecule has 0 saturated heterocycles. The minimum Gasteiger partial charge on any atom is -0.487 e.